The maximum absolute atomic E-state index is 8.79. The Morgan fingerprint density at radius 2 is 2.50 bits per heavy atom. The van der Waals surface area contributed by atoms with Crippen LogP contribution in [0.25, 0.3) is 0 Å². The fourth-order valence-corrected chi connectivity index (χ4v) is 1.34. The van der Waals surface area contributed by atoms with Gasteiger partial charge < -0.3 is 15.7 Å². The first-order valence-corrected chi connectivity index (χ1v) is 3.47. The van der Waals surface area contributed by atoms with Crippen molar-refractivity contribution in [3.05, 3.63) is 0 Å². The lowest BCUT2D eigenvalue weighted by molar-refractivity contribution is 0.207. The molecule has 1 rings (SSSR count). The summed E-state index contributed by atoms with van der Waals surface area (Å²) < 4.78 is 0. The number of hydrogen-bond acceptors (Lipinski definition) is 2. The maximum Gasteiger partial charge on any atom is 0.188 e. The minimum atomic E-state index is 0.0801. The predicted molar refractivity (Wildman–Crippen MR) is 38.7 cm³/mol. The lowest BCUT2D eigenvalue weighted by atomic mass is 10.2. The van der Waals surface area contributed by atoms with E-state index < -0.39 is 0 Å². The lowest BCUT2D eigenvalue weighted by Crippen LogP contribution is -2.41. The number of hydrogen-bond donors (Lipinski definition) is 3. The van der Waals surface area contributed by atoms with Crippen LogP contribution in [-0.4, -0.2) is 35.2 Å². The van der Waals surface area contributed by atoms with Crippen molar-refractivity contribution < 1.29 is 5.11 Å². The van der Waals surface area contributed by atoms with Crippen molar-refractivity contribution in [2.75, 3.05) is 13.2 Å². The molecule has 0 spiro atoms. The molecule has 1 aliphatic heterocycles. The van der Waals surface area contributed by atoms with Crippen LogP contribution in [0.5, 0.6) is 0 Å². The Balaban J connectivity index is 2.50. The SMILES string of the molecule is N=C(N)N1CCC[C@H]1CO. The predicted octanol–water partition coefficient (Wildman–Crippen LogP) is -0.663. The molecule has 10 heavy (non-hydrogen) atoms. The summed E-state index contributed by atoms with van der Waals surface area (Å²) in [6, 6.07) is 0.0949. The molecule has 1 heterocycles. The van der Waals surface area contributed by atoms with E-state index >= 15 is 0 Å². The molecule has 0 bridgehead atoms. The highest BCUT2D eigenvalue weighted by atomic mass is 16.3. The van der Waals surface area contributed by atoms with Crippen LogP contribution in [0, 0.1) is 5.41 Å². The first-order chi connectivity index (χ1) is 4.75. The third-order valence-corrected chi connectivity index (χ3v) is 1.90. The number of aliphatic hydroxyl groups is 1. The Morgan fingerprint density at radius 1 is 1.80 bits per heavy atom. The van der Waals surface area contributed by atoms with E-state index in [2.05, 4.69) is 0 Å². The van der Waals surface area contributed by atoms with Gasteiger partial charge in [0, 0.05) is 6.54 Å². The molecule has 0 unspecified atom stereocenters. The van der Waals surface area contributed by atoms with Crippen molar-refractivity contribution in [2.24, 2.45) is 5.73 Å². The van der Waals surface area contributed by atoms with Gasteiger partial charge in [-0.05, 0) is 12.8 Å². The second-order valence-corrected chi connectivity index (χ2v) is 2.56. The zero-order valence-corrected chi connectivity index (χ0v) is 5.88. The van der Waals surface area contributed by atoms with Crippen molar-refractivity contribution in [1.82, 2.24) is 4.90 Å². The Kier molecular flexibility index (Phi) is 2.11. The monoisotopic (exact) mass is 143 g/mol. The number of nitrogens with two attached hydrogens (primary N) is 1. The zero-order chi connectivity index (χ0) is 7.56. The molecule has 0 saturated carbocycles. The van der Waals surface area contributed by atoms with E-state index in [0.29, 0.717) is 0 Å². The number of likely N-dealkylation sites (tertiary alicyclic amines) is 1. The molecular formula is C6H13N3O. The van der Waals surface area contributed by atoms with Crippen LogP contribution in [0.2, 0.25) is 0 Å². The summed E-state index contributed by atoms with van der Waals surface area (Å²) >= 11 is 0. The molecule has 1 fully saturated rings. The van der Waals surface area contributed by atoms with Crippen LogP contribution in [-0.2, 0) is 0 Å². The molecular weight excluding hydrogens is 130 g/mol. The van der Waals surface area contributed by atoms with Crippen molar-refractivity contribution in [3.8, 4) is 0 Å². The number of guanidine groups is 1. The summed E-state index contributed by atoms with van der Waals surface area (Å²) in [4.78, 5) is 1.74. The molecule has 1 atom stereocenters. The lowest BCUT2D eigenvalue weighted by Gasteiger charge is -2.22. The van der Waals surface area contributed by atoms with Crippen molar-refractivity contribution in [1.29, 1.82) is 5.41 Å². The minimum absolute atomic E-state index is 0.0801. The van der Waals surface area contributed by atoms with Crippen LogP contribution >= 0.6 is 0 Å². The van der Waals surface area contributed by atoms with Crippen molar-refractivity contribution in [3.63, 3.8) is 0 Å². The highest BCUT2D eigenvalue weighted by molar-refractivity contribution is 5.75. The quantitative estimate of drug-likeness (QED) is 0.337. The molecule has 0 aromatic carbocycles. The van der Waals surface area contributed by atoms with E-state index in [0.717, 1.165) is 19.4 Å². The summed E-state index contributed by atoms with van der Waals surface area (Å²) in [6.07, 6.45) is 1.99. The summed E-state index contributed by atoms with van der Waals surface area (Å²) in [7, 11) is 0. The molecule has 1 saturated heterocycles. The zero-order valence-electron chi connectivity index (χ0n) is 5.88. The second-order valence-electron chi connectivity index (χ2n) is 2.56. The summed E-state index contributed by atoms with van der Waals surface area (Å²) in [5.74, 6) is 0.0801. The van der Waals surface area contributed by atoms with Gasteiger partial charge in [0.05, 0.1) is 12.6 Å². The second kappa shape index (κ2) is 2.88. The average Bonchev–Trinajstić information content (AvgIpc) is 2.33. The van der Waals surface area contributed by atoms with Crippen LogP contribution in [0.3, 0.4) is 0 Å². The van der Waals surface area contributed by atoms with Gasteiger partial charge in [0.2, 0.25) is 0 Å². The van der Waals surface area contributed by atoms with Gasteiger partial charge in [0.25, 0.3) is 0 Å². The molecule has 0 amide bonds. The largest absolute Gasteiger partial charge is 0.394 e. The third kappa shape index (κ3) is 1.21. The van der Waals surface area contributed by atoms with Gasteiger partial charge in [0.15, 0.2) is 5.96 Å². The molecule has 0 aliphatic carbocycles. The van der Waals surface area contributed by atoms with E-state index in [1.165, 1.54) is 0 Å². The Morgan fingerprint density at radius 3 is 2.90 bits per heavy atom. The van der Waals surface area contributed by atoms with E-state index in [-0.39, 0.29) is 18.6 Å². The summed E-state index contributed by atoms with van der Waals surface area (Å²) in [5, 5.41) is 15.9. The normalized spacial score (nSPS) is 25.3. The highest BCUT2D eigenvalue weighted by Gasteiger charge is 2.23. The molecule has 58 valence electrons. The minimum Gasteiger partial charge on any atom is -0.394 e. The van der Waals surface area contributed by atoms with Crippen LogP contribution in [0.4, 0.5) is 0 Å². The van der Waals surface area contributed by atoms with E-state index in [9.17, 15) is 0 Å². The third-order valence-electron chi connectivity index (χ3n) is 1.90. The van der Waals surface area contributed by atoms with Gasteiger partial charge in [-0.15, -0.1) is 0 Å². The van der Waals surface area contributed by atoms with Gasteiger partial charge in [-0.3, -0.25) is 5.41 Å². The van der Waals surface area contributed by atoms with E-state index in [1.54, 1.807) is 4.90 Å². The van der Waals surface area contributed by atoms with Crippen LogP contribution in [0.1, 0.15) is 12.8 Å². The number of aliphatic hydroxyl groups excluding tert-OH is 1. The van der Waals surface area contributed by atoms with E-state index in [1.807, 2.05) is 0 Å². The Bertz CT molecular complexity index is 137. The molecule has 0 radical (unpaired) electrons. The first kappa shape index (κ1) is 7.34. The molecule has 4 nitrogen and oxygen atoms in total. The first-order valence-electron chi connectivity index (χ1n) is 3.47. The summed E-state index contributed by atoms with van der Waals surface area (Å²) in [5.41, 5.74) is 5.26. The fraction of sp³-hybridized carbons (Fsp3) is 0.833. The number of nitrogens with one attached hydrogen (secondary N) is 1. The summed E-state index contributed by atoms with van der Waals surface area (Å²) in [6.45, 7) is 0.931. The Labute approximate surface area is 60.1 Å². The van der Waals surface area contributed by atoms with Gasteiger partial charge >= 0.3 is 0 Å². The van der Waals surface area contributed by atoms with Crippen LogP contribution in [0.15, 0.2) is 0 Å². The van der Waals surface area contributed by atoms with Gasteiger partial charge in [-0.2, -0.15) is 0 Å². The average molecular weight is 143 g/mol. The van der Waals surface area contributed by atoms with Gasteiger partial charge in [-0.1, -0.05) is 0 Å². The number of rotatable bonds is 1. The van der Waals surface area contributed by atoms with Crippen molar-refractivity contribution in [2.45, 2.75) is 18.9 Å². The molecule has 0 aromatic rings. The maximum atomic E-state index is 8.79. The highest BCUT2D eigenvalue weighted by Crippen LogP contribution is 2.14. The standard InChI is InChI=1S/C6H13N3O/c7-6(8)9-3-1-2-5(9)4-10/h5,10H,1-4H2,(H3,7,8)/t5-/m0/s1. The Hall–Kier alpha value is -0.770. The molecule has 0 aromatic heterocycles. The smallest absolute Gasteiger partial charge is 0.188 e. The fourth-order valence-electron chi connectivity index (χ4n) is 1.34. The van der Waals surface area contributed by atoms with Crippen LogP contribution < -0.4 is 5.73 Å². The van der Waals surface area contributed by atoms with Gasteiger partial charge in [0.1, 0.15) is 0 Å². The van der Waals surface area contributed by atoms with Gasteiger partial charge in [-0.25, -0.2) is 0 Å². The number of nitrogens with zero attached hydrogens (tertiary/aromatic N) is 1. The molecule has 4 N–H and O–H groups in total. The van der Waals surface area contributed by atoms with E-state index in [4.69, 9.17) is 16.2 Å². The molecule has 4 heteroatoms. The van der Waals surface area contributed by atoms with Crippen molar-refractivity contribution >= 4 is 5.96 Å². The molecule has 1 aliphatic rings. The topological polar surface area (TPSA) is 73.3 Å².